The molecule has 4 rings (SSSR count). The van der Waals surface area contributed by atoms with E-state index in [9.17, 15) is 4.79 Å². The van der Waals surface area contributed by atoms with Crippen LogP contribution in [0.25, 0.3) is 0 Å². The lowest BCUT2D eigenvalue weighted by molar-refractivity contribution is 0.103. The Balaban J connectivity index is 1.40. The zero-order chi connectivity index (χ0) is 23.9. The van der Waals surface area contributed by atoms with Gasteiger partial charge in [-0.2, -0.15) is 0 Å². The number of likely N-dealkylation sites (N-methyl/N-ethyl adjacent to an activating group) is 1. The van der Waals surface area contributed by atoms with E-state index in [1.807, 2.05) is 61.5 Å². The number of aliphatic imine (C=N–C) groups is 1. The molecular weight excluding hydrogens is 428 g/mol. The van der Waals surface area contributed by atoms with Crippen molar-refractivity contribution in [1.29, 1.82) is 0 Å². The predicted molar refractivity (Wildman–Crippen MR) is 134 cm³/mol. The highest BCUT2D eigenvalue weighted by molar-refractivity contribution is 6.09. The molecule has 178 valence electrons. The Morgan fingerprint density at radius 2 is 1.85 bits per heavy atom. The Hall–Kier alpha value is -3.49. The molecule has 0 saturated carbocycles. The predicted octanol–water partition coefficient (Wildman–Crippen LogP) is 3.03. The van der Waals surface area contributed by atoms with Gasteiger partial charge in [-0.25, -0.2) is 0 Å². The molecule has 3 aromatic rings. The van der Waals surface area contributed by atoms with E-state index in [4.69, 9.17) is 10.3 Å². The van der Waals surface area contributed by atoms with E-state index in [1.54, 1.807) is 0 Å². The second-order valence-electron chi connectivity index (χ2n) is 8.69. The smallest absolute Gasteiger partial charge is 0.193 e. The molecule has 1 saturated heterocycles. The van der Waals surface area contributed by atoms with Crippen molar-refractivity contribution < 1.29 is 9.32 Å². The Bertz CT molecular complexity index is 1120. The number of aromatic nitrogens is 1. The van der Waals surface area contributed by atoms with E-state index in [-0.39, 0.29) is 11.7 Å². The fourth-order valence-corrected chi connectivity index (χ4v) is 4.08. The molecule has 8 heteroatoms. The number of benzene rings is 2. The van der Waals surface area contributed by atoms with E-state index < -0.39 is 0 Å². The molecule has 1 fully saturated rings. The molecular formula is C26H32N6O2. The van der Waals surface area contributed by atoms with Crippen molar-refractivity contribution in [2.75, 3.05) is 51.6 Å². The number of nitrogens with zero attached hydrogens (tertiary/aromatic N) is 4. The summed E-state index contributed by atoms with van der Waals surface area (Å²) >= 11 is 0. The maximum Gasteiger partial charge on any atom is 0.193 e. The highest BCUT2D eigenvalue weighted by Gasteiger charge is 2.20. The average Bonchev–Trinajstić information content (AvgIpc) is 3.33. The molecule has 1 aliphatic rings. The van der Waals surface area contributed by atoms with Crippen LogP contribution in [-0.4, -0.2) is 73.0 Å². The quantitative estimate of drug-likeness (QED) is 0.303. The van der Waals surface area contributed by atoms with E-state index in [0.717, 1.165) is 38.3 Å². The normalized spacial score (nSPS) is 16.4. The standard InChI is InChI=1S/C26H32N6O2/c1-19(21-9-6-10-22(17-21)25(33)20-7-4-3-5-8-20)24-23(18-34-30-24)29-26(27)28-11-12-32-15-13-31(2)14-16-32/h3-10,17-19H,11-16H2,1-2H3,(H3,27,28,29). The van der Waals surface area contributed by atoms with Crippen LogP contribution in [0, 0.1) is 0 Å². The molecule has 1 aliphatic heterocycles. The first kappa shape index (κ1) is 23.7. The lowest BCUT2D eigenvalue weighted by Crippen LogP contribution is -2.45. The van der Waals surface area contributed by atoms with Crippen LogP contribution in [0.1, 0.15) is 40.0 Å². The van der Waals surface area contributed by atoms with Crippen molar-refractivity contribution in [3.63, 3.8) is 0 Å². The Kier molecular flexibility index (Phi) is 7.72. The van der Waals surface area contributed by atoms with Gasteiger partial charge in [-0.15, -0.1) is 0 Å². The fourth-order valence-electron chi connectivity index (χ4n) is 4.08. The van der Waals surface area contributed by atoms with Crippen molar-refractivity contribution in [1.82, 2.24) is 15.0 Å². The lowest BCUT2D eigenvalue weighted by atomic mass is 9.93. The number of guanidine groups is 1. The van der Waals surface area contributed by atoms with Crippen molar-refractivity contribution >= 4 is 17.4 Å². The molecule has 0 bridgehead atoms. The minimum Gasteiger partial charge on any atom is -0.370 e. The number of rotatable bonds is 8. The number of hydrogen-bond donors (Lipinski definition) is 2. The van der Waals surface area contributed by atoms with E-state index in [1.165, 1.54) is 6.26 Å². The van der Waals surface area contributed by atoms with Crippen LogP contribution in [0.3, 0.4) is 0 Å². The zero-order valence-corrected chi connectivity index (χ0v) is 19.8. The van der Waals surface area contributed by atoms with E-state index >= 15 is 0 Å². The number of carbonyl (C=O) groups is 1. The molecule has 0 spiro atoms. The first-order valence-electron chi connectivity index (χ1n) is 11.6. The van der Waals surface area contributed by atoms with Gasteiger partial charge in [0.25, 0.3) is 0 Å². The first-order valence-corrected chi connectivity index (χ1v) is 11.6. The highest BCUT2D eigenvalue weighted by atomic mass is 16.5. The lowest BCUT2D eigenvalue weighted by Gasteiger charge is -2.31. The second-order valence-corrected chi connectivity index (χ2v) is 8.69. The van der Waals surface area contributed by atoms with Crippen LogP contribution in [0.15, 0.2) is 70.4 Å². The van der Waals surface area contributed by atoms with Crippen molar-refractivity contribution in [2.45, 2.75) is 12.8 Å². The second kappa shape index (κ2) is 11.1. The zero-order valence-electron chi connectivity index (χ0n) is 19.8. The van der Waals surface area contributed by atoms with Gasteiger partial charge >= 0.3 is 0 Å². The van der Waals surface area contributed by atoms with Gasteiger partial charge in [-0.3, -0.25) is 14.7 Å². The van der Waals surface area contributed by atoms with Crippen LogP contribution < -0.4 is 11.1 Å². The largest absolute Gasteiger partial charge is 0.370 e. The van der Waals surface area contributed by atoms with Gasteiger partial charge in [0.15, 0.2) is 11.7 Å². The van der Waals surface area contributed by atoms with Gasteiger partial charge in [0.2, 0.25) is 0 Å². The molecule has 1 unspecified atom stereocenters. The minimum absolute atomic E-state index is 0.00937. The van der Waals surface area contributed by atoms with Crippen LogP contribution in [-0.2, 0) is 0 Å². The molecule has 2 heterocycles. The number of hydrogen-bond acceptors (Lipinski definition) is 6. The van der Waals surface area contributed by atoms with Crippen LogP contribution >= 0.6 is 0 Å². The summed E-state index contributed by atoms with van der Waals surface area (Å²) in [6.45, 7) is 7.80. The van der Waals surface area contributed by atoms with Crippen molar-refractivity contribution in [3.05, 3.63) is 83.2 Å². The SMILES string of the molecule is CC(c1cccc(C(=O)c2ccccc2)c1)c1nocc1NC(N)=NCCN1CCN(C)CC1. The molecule has 2 aromatic carbocycles. The maximum absolute atomic E-state index is 12.9. The van der Waals surface area contributed by atoms with Gasteiger partial charge < -0.3 is 20.5 Å². The highest BCUT2D eigenvalue weighted by Crippen LogP contribution is 2.29. The number of ketones is 1. The summed E-state index contributed by atoms with van der Waals surface area (Å²) in [5.41, 5.74) is 9.78. The third-order valence-corrected chi connectivity index (χ3v) is 6.25. The first-order chi connectivity index (χ1) is 16.5. The molecule has 1 atom stereocenters. The molecule has 34 heavy (non-hydrogen) atoms. The minimum atomic E-state index is -0.108. The van der Waals surface area contributed by atoms with E-state index in [2.05, 4.69) is 32.3 Å². The fraction of sp³-hybridized carbons (Fsp3) is 0.346. The third kappa shape index (κ3) is 5.89. The number of nitrogens with two attached hydrogens (primary N) is 1. The Morgan fingerprint density at radius 1 is 1.12 bits per heavy atom. The Morgan fingerprint density at radius 3 is 2.62 bits per heavy atom. The summed E-state index contributed by atoms with van der Waals surface area (Å²) < 4.78 is 5.24. The maximum atomic E-state index is 12.9. The van der Waals surface area contributed by atoms with Gasteiger partial charge in [-0.1, -0.05) is 60.6 Å². The summed E-state index contributed by atoms with van der Waals surface area (Å²) in [5, 5.41) is 7.32. The molecule has 8 nitrogen and oxygen atoms in total. The van der Waals surface area contributed by atoms with Gasteiger partial charge in [0, 0.05) is 49.8 Å². The average molecular weight is 461 g/mol. The van der Waals surface area contributed by atoms with Gasteiger partial charge in [-0.05, 0) is 18.7 Å². The van der Waals surface area contributed by atoms with E-state index in [0.29, 0.717) is 35.0 Å². The molecule has 0 aliphatic carbocycles. The summed E-state index contributed by atoms with van der Waals surface area (Å²) in [4.78, 5) is 22.1. The monoisotopic (exact) mass is 460 g/mol. The Labute approximate surface area is 200 Å². The number of anilines is 1. The molecule has 3 N–H and O–H groups in total. The van der Waals surface area contributed by atoms with Crippen molar-refractivity contribution in [2.24, 2.45) is 10.7 Å². The number of carbonyl (C=O) groups excluding carboxylic acids is 1. The summed E-state index contributed by atoms with van der Waals surface area (Å²) in [7, 11) is 2.15. The number of nitrogens with one attached hydrogen (secondary N) is 1. The van der Waals surface area contributed by atoms with Gasteiger partial charge in [0.05, 0.1) is 6.54 Å². The topological polar surface area (TPSA) is 100.0 Å². The summed E-state index contributed by atoms with van der Waals surface area (Å²) in [6.07, 6.45) is 1.54. The molecule has 1 aromatic heterocycles. The van der Waals surface area contributed by atoms with Crippen molar-refractivity contribution in [3.8, 4) is 0 Å². The number of piperazine rings is 1. The summed E-state index contributed by atoms with van der Waals surface area (Å²) in [6, 6.07) is 16.9. The molecule has 0 radical (unpaired) electrons. The van der Waals surface area contributed by atoms with Crippen LogP contribution in [0.5, 0.6) is 0 Å². The molecule has 0 amide bonds. The van der Waals surface area contributed by atoms with Crippen LogP contribution in [0.4, 0.5) is 5.69 Å². The summed E-state index contributed by atoms with van der Waals surface area (Å²) in [5.74, 6) is 0.214. The third-order valence-electron chi connectivity index (χ3n) is 6.25. The van der Waals surface area contributed by atoms with Gasteiger partial charge in [0.1, 0.15) is 17.6 Å². The van der Waals surface area contributed by atoms with Crippen LogP contribution in [0.2, 0.25) is 0 Å².